The number of piperazine rings is 1. The van der Waals surface area contributed by atoms with Gasteiger partial charge < -0.3 is 5.32 Å². The first-order valence-electron chi connectivity index (χ1n) is 6.59. The highest BCUT2D eigenvalue weighted by atomic mass is 16.6. The monoisotopic (exact) mass is 263 g/mol. The van der Waals surface area contributed by atoms with Crippen LogP contribution in [-0.2, 0) is 6.54 Å². The van der Waals surface area contributed by atoms with E-state index in [1.54, 1.807) is 13.0 Å². The lowest BCUT2D eigenvalue weighted by atomic mass is 10.0. The van der Waals surface area contributed by atoms with Crippen LogP contribution in [0.3, 0.4) is 0 Å². The van der Waals surface area contributed by atoms with Crippen LogP contribution in [0.4, 0.5) is 5.69 Å². The molecule has 19 heavy (non-hydrogen) atoms. The highest BCUT2D eigenvalue weighted by Gasteiger charge is 2.25. The van der Waals surface area contributed by atoms with Crippen molar-refractivity contribution in [3.05, 3.63) is 39.4 Å². The SMILES string of the molecule is Cc1ccc(CN2CCNC(C)(C)C2)cc1[N+](=O)[O-]. The molecule has 1 N–H and O–H groups in total. The largest absolute Gasteiger partial charge is 0.309 e. The Labute approximate surface area is 113 Å². The van der Waals surface area contributed by atoms with E-state index in [4.69, 9.17) is 0 Å². The first-order chi connectivity index (χ1) is 8.87. The molecule has 1 saturated heterocycles. The van der Waals surface area contributed by atoms with Crippen LogP contribution in [-0.4, -0.2) is 35.0 Å². The lowest BCUT2D eigenvalue weighted by Crippen LogP contribution is -2.56. The Morgan fingerprint density at radius 2 is 2.21 bits per heavy atom. The number of nitrogens with zero attached hydrogens (tertiary/aromatic N) is 2. The van der Waals surface area contributed by atoms with Gasteiger partial charge >= 0.3 is 0 Å². The second-order valence-corrected chi connectivity index (χ2v) is 5.90. The predicted octanol–water partition coefficient (Wildman–Crippen LogP) is 2.09. The first kappa shape index (κ1) is 14.0. The molecule has 1 aliphatic rings. The van der Waals surface area contributed by atoms with Crippen LogP contribution in [0.2, 0.25) is 0 Å². The maximum absolute atomic E-state index is 11.0. The third kappa shape index (κ3) is 3.52. The van der Waals surface area contributed by atoms with E-state index in [-0.39, 0.29) is 16.1 Å². The van der Waals surface area contributed by atoms with Gasteiger partial charge in [-0.3, -0.25) is 15.0 Å². The topological polar surface area (TPSA) is 58.4 Å². The van der Waals surface area contributed by atoms with E-state index in [0.29, 0.717) is 0 Å². The average Bonchev–Trinajstić information content (AvgIpc) is 2.30. The number of hydrogen-bond donors (Lipinski definition) is 1. The minimum absolute atomic E-state index is 0.106. The minimum Gasteiger partial charge on any atom is -0.309 e. The molecule has 5 heteroatoms. The molecule has 1 fully saturated rings. The van der Waals surface area contributed by atoms with Gasteiger partial charge in [0.15, 0.2) is 0 Å². The normalized spacial score (nSPS) is 19.3. The van der Waals surface area contributed by atoms with Gasteiger partial charge in [-0.05, 0) is 26.3 Å². The van der Waals surface area contributed by atoms with Crippen molar-refractivity contribution in [2.75, 3.05) is 19.6 Å². The second kappa shape index (κ2) is 5.27. The van der Waals surface area contributed by atoms with E-state index in [2.05, 4.69) is 24.1 Å². The fourth-order valence-electron chi connectivity index (χ4n) is 2.59. The van der Waals surface area contributed by atoms with Crippen LogP contribution in [0, 0.1) is 17.0 Å². The summed E-state index contributed by atoms with van der Waals surface area (Å²) in [6, 6.07) is 5.52. The Morgan fingerprint density at radius 3 is 2.84 bits per heavy atom. The van der Waals surface area contributed by atoms with Crippen LogP contribution in [0.1, 0.15) is 25.0 Å². The molecule has 2 rings (SSSR count). The zero-order chi connectivity index (χ0) is 14.0. The van der Waals surface area contributed by atoms with Gasteiger partial charge in [0.1, 0.15) is 0 Å². The van der Waals surface area contributed by atoms with Gasteiger partial charge in [0.25, 0.3) is 5.69 Å². The number of benzene rings is 1. The molecule has 0 spiro atoms. The van der Waals surface area contributed by atoms with Crippen molar-refractivity contribution in [1.82, 2.24) is 10.2 Å². The number of nitro benzene ring substituents is 1. The highest BCUT2D eigenvalue weighted by molar-refractivity contribution is 5.42. The summed E-state index contributed by atoms with van der Waals surface area (Å²) in [5.41, 5.74) is 2.05. The summed E-state index contributed by atoms with van der Waals surface area (Å²) in [6.45, 7) is 9.79. The van der Waals surface area contributed by atoms with Crippen molar-refractivity contribution in [2.24, 2.45) is 0 Å². The number of nitrogens with one attached hydrogen (secondary N) is 1. The van der Waals surface area contributed by atoms with Gasteiger partial charge in [-0.15, -0.1) is 0 Å². The van der Waals surface area contributed by atoms with E-state index in [9.17, 15) is 10.1 Å². The molecule has 0 radical (unpaired) electrons. The van der Waals surface area contributed by atoms with Gasteiger partial charge in [0.2, 0.25) is 0 Å². The van der Waals surface area contributed by atoms with Crippen molar-refractivity contribution in [3.8, 4) is 0 Å². The smallest absolute Gasteiger partial charge is 0.272 e. The van der Waals surface area contributed by atoms with Gasteiger partial charge in [-0.2, -0.15) is 0 Å². The molecular weight excluding hydrogens is 242 g/mol. The summed E-state index contributed by atoms with van der Waals surface area (Å²) in [4.78, 5) is 13.0. The van der Waals surface area contributed by atoms with Gasteiger partial charge in [0, 0.05) is 43.3 Å². The van der Waals surface area contributed by atoms with Crippen LogP contribution < -0.4 is 5.32 Å². The lowest BCUT2D eigenvalue weighted by molar-refractivity contribution is -0.385. The Bertz CT molecular complexity index is 486. The summed E-state index contributed by atoms with van der Waals surface area (Å²) in [7, 11) is 0. The quantitative estimate of drug-likeness (QED) is 0.670. The molecule has 0 amide bonds. The highest BCUT2D eigenvalue weighted by Crippen LogP contribution is 2.21. The number of hydrogen-bond acceptors (Lipinski definition) is 4. The van der Waals surface area contributed by atoms with Gasteiger partial charge in [-0.25, -0.2) is 0 Å². The zero-order valence-electron chi connectivity index (χ0n) is 11.8. The Kier molecular flexibility index (Phi) is 3.87. The number of nitro groups is 1. The third-order valence-corrected chi connectivity index (χ3v) is 3.53. The molecule has 1 heterocycles. The van der Waals surface area contributed by atoms with E-state index < -0.39 is 0 Å². The van der Waals surface area contributed by atoms with Crippen molar-refractivity contribution < 1.29 is 4.92 Å². The minimum atomic E-state index is -0.305. The molecule has 0 atom stereocenters. The van der Waals surface area contributed by atoms with E-state index in [0.717, 1.165) is 37.3 Å². The summed E-state index contributed by atoms with van der Waals surface area (Å²) < 4.78 is 0. The molecule has 0 unspecified atom stereocenters. The lowest BCUT2D eigenvalue weighted by Gasteiger charge is -2.39. The predicted molar refractivity (Wildman–Crippen MR) is 75.2 cm³/mol. The standard InChI is InChI=1S/C14H21N3O2/c1-11-4-5-12(8-13(11)17(18)19)9-16-7-6-15-14(2,3)10-16/h4-5,8,15H,6-7,9-10H2,1-3H3. The fourth-order valence-corrected chi connectivity index (χ4v) is 2.59. The summed E-state index contributed by atoms with van der Waals surface area (Å²) in [5, 5.41) is 14.4. The number of rotatable bonds is 3. The molecule has 0 aliphatic carbocycles. The van der Waals surface area contributed by atoms with Gasteiger partial charge in [-0.1, -0.05) is 12.1 Å². The summed E-state index contributed by atoms with van der Waals surface area (Å²) in [6.07, 6.45) is 0. The maximum Gasteiger partial charge on any atom is 0.272 e. The molecule has 1 aromatic rings. The van der Waals surface area contributed by atoms with Gasteiger partial charge in [0.05, 0.1) is 4.92 Å². The van der Waals surface area contributed by atoms with Crippen LogP contribution in [0.15, 0.2) is 18.2 Å². The molecule has 1 aromatic carbocycles. The average molecular weight is 263 g/mol. The van der Waals surface area contributed by atoms with Crippen LogP contribution >= 0.6 is 0 Å². The van der Waals surface area contributed by atoms with E-state index in [1.165, 1.54) is 0 Å². The van der Waals surface area contributed by atoms with Crippen LogP contribution in [0.5, 0.6) is 0 Å². The molecule has 0 saturated carbocycles. The Hall–Kier alpha value is -1.46. The fraction of sp³-hybridized carbons (Fsp3) is 0.571. The maximum atomic E-state index is 11.0. The second-order valence-electron chi connectivity index (χ2n) is 5.90. The summed E-state index contributed by atoms with van der Waals surface area (Å²) in [5.74, 6) is 0. The van der Waals surface area contributed by atoms with Crippen molar-refractivity contribution in [2.45, 2.75) is 32.9 Å². The molecular formula is C14H21N3O2. The van der Waals surface area contributed by atoms with Crippen molar-refractivity contribution in [3.63, 3.8) is 0 Å². The third-order valence-electron chi connectivity index (χ3n) is 3.53. The summed E-state index contributed by atoms with van der Waals surface area (Å²) >= 11 is 0. The van der Waals surface area contributed by atoms with E-state index in [1.807, 2.05) is 12.1 Å². The molecule has 1 aliphatic heterocycles. The Morgan fingerprint density at radius 1 is 1.47 bits per heavy atom. The van der Waals surface area contributed by atoms with E-state index >= 15 is 0 Å². The first-order valence-corrected chi connectivity index (χ1v) is 6.59. The van der Waals surface area contributed by atoms with Crippen LogP contribution in [0.25, 0.3) is 0 Å². The molecule has 5 nitrogen and oxygen atoms in total. The molecule has 0 bridgehead atoms. The van der Waals surface area contributed by atoms with Crippen molar-refractivity contribution in [1.29, 1.82) is 0 Å². The molecule has 104 valence electrons. The molecule has 0 aromatic heterocycles. The van der Waals surface area contributed by atoms with Crippen molar-refractivity contribution >= 4 is 5.69 Å². The zero-order valence-corrected chi connectivity index (χ0v) is 11.8. The number of aryl methyl sites for hydroxylation is 1. The Balaban J connectivity index is 2.11.